The van der Waals surface area contributed by atoms with E-state index in [4.69, 9.17) is 4.74 Å². The molecule has 1 fully saturated rings. The van der Waals surface area contributed by atoms with Gasteiger partial charge in [-0.2, -0.15) is 14.8 Å². The highest BCUT2D eigenvalue weighted by atomic mass is 16.5. The second kappa shape index (κ2) is 8.06. The van der Waals surface area contributed by atoms with Crippen LogP contribution in [0.15, 0.2) is 52.5 Å². The van der Waals surface area contributed by atoms with Gasteiger partial charge < -0.3 is 10.1 Å². The van der Waals surface area contributed by atoms with Crippen LogP contribution in [0.5, 0.6) is 5.75 Å². The zero-order valence-electron chi connectivity index (χ0n) is 17.0. The minimum absolute atomic E-state index is 0.141. The van der Waals surface area contributed by atoms with Crippen LogP contribution < -0.4 is 10.1 Å². The quantitative estimate of drug-likeness (QED) is 0.747. The van der Waals surface area contributed by atoms with Gasteiger partial charge in [0.15, 0.2) is 0 Å². The van der Waals surface area contributed by atoms with Crippen molar-refractivity contribution in [3.8, 4) is 5.75 Å². The Morgan fingerprint density at radius 1 is 1.27 bits per heavy atom. The monoisotopic (exact) mass is 405 g/mol. The van der Waals surface area contributed by atoms with Gasteiger partial charge in [-0.1, -0.05) is 18.7 Å². The molecule has 0 atom stereocenters. The number of anilines is 1. The minimum atomic E-state index is -0.447. The van der Waals surface area contributed by atoms with Gasteiger partial charge in [0.2, 0.25) is 5.91 Å². The molecule has 30 heavy (non-hydrogen) atoms. The molecule has 0 unspecified atom stereocenters. The molecule has 1 aromatic heterocycles. The number of methoxy groups -OCH3 is 1. The fourth-order valence-corrected chi connectivity index (χ4v) is 3.13. The van der Waals surface area contributed by atoms with Crippen LogP contribution in [0.2, 0.25) is 0 Å². The summed E-state index contributed by atoms with van der Waals surface area (Å²) >= 11 is 0. The Morgan fingerprint density at radius 2 is 2.00 bits per heavy atom. The highest BCUT2D eigenvalue weighted by Gasteiger charge is 2.29. The maximum absolute atomic E-state index is 12.6. The number of amides is 2. The molecule has 1 saturated carbocycles. The largest absolute Gasteiger partial charge is 0.497 e. The summed E-state index contributed by atoms with van der Waals surface area (Å²) in [6, 6.07) is 9.46. The first-order chi connectivity index (χ1) is 14.4. The first-order valence-corrected chi connectivity index (χ1v) is 9.85. The van der Waals surface area contributed by atoms with Gasteiger partial charge in [-0.05, 0) is 43.9 Å². The third kappa shape index (κ3) is 4.22. The molecule has 0 saturated heterocycles. The summed E-state index contributed by atoms with van der Waals surface area (Å²) in [5.74, 6) is 1.16. The van der Waals surface area contributed by atoms with Gasteiger partial charge >= 0.3 is 0 Å². The van der Waals surface area contributed by atoms with Crippen LogP contribution >= 0.6 is 0 Å². The van der Waals surface area contributed by atoms with Gasteiger partial charge in [-0.25, -0.2) is 4.99 Å². The van der Waals surface area contributed by atoms with Gasteiger partial charge in [0.05, 0.1) is 24.1 Å². The third-order valence-corrected chi connectivity index (χ3v) is 5.14. The Morgan fingerprint density at radius 3 is 2.63 bits per heavy atom. The number of benzene rings is 1. The van der Waals surface area contributed by atoms with Crippen LogP contribution in [0.25, 0.3) is 0 Å². The number of aliphatic imine (C=N–C) groups is 2. The number of aryl methyl sites for hydroxylation is 1. The lowest BCUT2D eigenvalue weighted by Crippen LogP contribution is -2.25. The van der Waals surface area contributed by atoms with Crippen molar-refractivity contribution < 1.29 is 14.3 Å². The van der Waals surface area contributed by atoms with Crippen molar-refractivity contribution in [2.75, 3.05) is 12.4 Å². The number of carbonyl (C=O) groups is 2. The van der Waals surface area contributed by atoms with E-state index in [0.29, 0.717) is 30.3 Å². The molecule has 1 aliphatic carbocycles. The number of nitrogens with one attached hydrogen (secondary N) is 1. The predicted molar refractivity (Wildman–Crippen MR) is 114 cm³/mol. The molecule has 8 heteroatoms. The lowest BCUT2D eigenvalue weighted by atomic mass is 10.1. The van der Waals surface area contributed by atoms with E-state index >= 15 is 0 Å². The molecule has 0 spiro atoms. The average molecular weight is 405 g/mol. The molecule has 0 radical (unpaired) electrons. The first-order valence-electron chi connectivity index (χ1n) is 9.85. The van der Waals surface area contributed by atoms with E-state index < -0.39 is 5.91 Å². The molecule has 0 bridgehead atoms. The number of hydrogen-bond donors (Lipinski definition) is 1. The Labute approximate surface area is 174 Å². The van der Waals surface area contributed by atoms with Crippen LogP contribution in [0.3, 0.4) is 0 Å². The average Bonchev–Trinajstić information content (AvgIpc) is 3.51. The number of carbonyl (C=O) groups excluding carboxylic acids is 2. The van der Waals surface area contributed by atoms with E-state index in [1.54, 1.807) is 14.0 Å². The molecule has 1 N–H and O–H groups in total. The van der Waals surface area contributed by atoms with E-state index in [9.17, 15) is 9.59 Å². The summed E-state index contributed by atoms with van der Waals surface area (Å²) in [6.45, 7) is 5.39. The minimum Gasteiger partial charge on any atom is -0.497 e. The second-order valence-electron chi connectivity index (χ2n) is 7.43. The zero-order valence-corrected chi connectivity index (χ0v) is 17.0. The maximum atomic E-state index is 12.6. The number of ether oxygens (including phenoxy) is 1. The zero-order chi connectivity index (χ0) is 21.3. The van der Waals surface area contributed by atoms with Crippen molar-refractivity contribution in [1.82, 2.24) is 9.78 Å². The van der Waals surface area contributed by atoms with Crippen molar-refractivity contribution in [1.29, 1.82) is 0 Å². The van der Waals surface area contributed by atoms with Crippen molar-refractivity contribution in [3.63, 3.8) is 0 Å². The molecule has 8 nitrogen and oxygen atoms in total. The normalized spacial score (nSPS) is 16.2. The lowest BCUT2D eigenvalue weighted by molar-refractivity contribution is -0.116. The van der Waals surface area contributed by atoms with E-state index in [1.807, 2.05) is 30.3 Å². The fraction of sp³-hybridized carbons (Fsp3) is 0.318. The van der Waals surface area contributed by atoms with E-state index in [1.165, 1.54) is 4.68 Å². The van der Waals surface area contributed by atoms with Crippen LogP contribution in [0.1, 0.15) is 43.4 Å². The Bertz CT molecular complexity index is 1070. The van der Waals surface area contributed by atoms with Gasteiger partial charge in [0.25, 0.3) is 11.9 Å². The molecular formula is C22H23N5O3. The van der Waals surface area contributed by atoms with Crippen LogP contribution in [-0.2, 0) is 16.0 Å². The van der Waals surface area contributed by atoms with E-state index in [-0.39, 0.29) is 17.4 Å². The lowest BCUT2D eigenvalue weighted by Gasteiger charge is -2.12. The summed E-state index contributed by atoms with van der Waals surface area (Å²) in [4.78, 5) is 33.0. The summed E-state index contributed by atoms with van der Waals surface area (Å²) in [5, 5.41) is 7.45. The molecule has 2 heterocycles. The van der Waals surface area contributed by atoms with Crippen molar-refractivity contribution in [2.45, 2.75) is 38.5 Å². The van der Waals surface area contributed by atoms with Gasteiger partial charge in [0, 0.05) is 18.4 Å². The molecule has 1 aliphatic heterocycles. The fourth-order valence-electron chi connectivity index (χ4n) is 3.13. The van der Waals surface area contributed by atoms with Crippen LogP contribution in [-0.4, -0.2) is 40.4 Å². The maximum Gasteiger partial charge on any atom is 0.281 e. The molecule has 2 aliphatic rings. The highest BCUT2D eigenvalue weighted by Crippen LogP contribution is 2.40. The van der Waals surface area contributed by atoms with E-state index in [0.717, 1.165) is 29.8 Å². The van der Waals surface area contributed by atoms with E-state index in [2.05, 4.69) is 27.0 Å². The first kappa shape index (κ1) is 19.8. The summed E-state index contributed by atoms with van der Waals surface area (Å²) < 4.78 is 6.59. The number of hydrogen-bond acceptors (Lipinski definition) is 5. The smallest absolute Gasteiger partial charge is 0.281 e. The number of aromatic nitrogens is 2. The molecule has 1 aromatic carbocycles. The number of nitrogens with zero attached hydrogens (tertiary/aromatic N) is 4. The summed E-state index contributed by atoms with van der Waals surface area (Å²) in [7, 11) is 1.62. The summed E-state index contributed by atoms with van der Waals surface area (Å²) in [5.41, 5.74) is 2.66. The van der Waals surface area contributed by atoms with Gasteiger partial charge in [-0.3, -0.25) is 9.59 Å². The van der Waals surface area contributed by atoms with Crippen molar-refractivity contribution >= 4 is 29.3 Å². The van der Waals surface area contributed by atoms with Crippen LogP contribution in [0, 0.1) is 0 Å². The molecule has 2 amide bonds. The van der Waals surface area contributed by atoms with Crippen molar-refractivity contribution in [3.05, 3.63) is 53.7 Å². The predicted octanol–water partition coefficient (Wildman–Crippen LogP) is 3.10. The van der Waals surface area contributed by atoms with Crippen LogP contribution in [0.4, 0.5) is 5.82 Å². The third-order valence-electron chi connectivity index (χ3n) is 5.14. The second-order valence-corrected chi connectivity index (χ2v) is 7.43. The molecular weight excluding hydrogens is 382 g/mol. The SMILES string of the molecule is C=C1C(=O)N=C(n2nc(C3CC3)cc2NC(=O)CCc2ccc(OC)cc2)N=C1C. The topological polar surface area (TPSA) is 97.9 Å². The molecule has 4 rings (SSSR count). The van der Waals surface area contributed by atoms with Gasteiger partial charge in [0.1, 0.15) is 11.6 Å². The highest BCUT2D eigenvalue weighted by molar-refractivity contribution is 6.27. The number of rotatable bonds is 6. The van der Waals surface area contributed by atoms with Crippen molar-refractivity contribution in [2.24, 2.45) is 9.98 Å². The standard InChI is InChI=1S/C22H23N5O3/c1-13-14(2)23-22(25-21(13)29)27-19(12-18(26-27)16-7-8-16)24-20(28)11-6-15-4-9-17(30-3)10-5-15/h4-5,9-10,12,16H,1,6-8,11H2,2-3H3,(H,24,28). The Kier molecular flexibility index (Phi) is 5.31. The summed E-state index contributed by atoms with van der Waals surface area (Å²) in [6.07, 6.45) is 3.02. The Balaban J connectivity index is 1.50. The Hall–Kier alpha value is -3.55. The molecule has 154 valence electrons. The molecule has 2 aromatic rings. The van der Waals surface area contributed by atoms with Gasteiger partial charge in [-0.15, -0.1) is 0 Å².